The minimum Gasteiger partial charge on any atom is -0.497 e. The number of aryl methyl sites for hydroxylation is 1. The summed E-state index contributed by atoms with van der Waals surface area (Å²) in [4.78, 5) is 32.5. The molecule has 0 atom stereocenters. The average molecular weight is 475 g/mol. The van der Waals surface area contributed by atoms with E-state index in [2.05, 4.69) is 10.1 Å². The monoisotopic (exact) mass is 474 g/mol. The Morgan fingerprint density at radius 1 is 1.11 bits per heavy atom. The van der Waals surface area contributed by atoms with Crippen LogP contribution in [0.1, 0.15) is 35.8 Å². The lowest BCUT2D eigenvalue weighted by atomic mass is 10.2. The summed E-state index contributed by atoms with van der Waals surface area (Å²) in [5.41, 5.74) is 1.88. The summed E-state index contributed by atoms with van der Waals surface area (Å²) in [6.45, 7) is 5.25. The number of aromatic nitrogens is 3. The van der Waals surface area contributed by atoms with E-state index in [1.54, 1.807) is 25.1 Å². The van der Waals surface area contributed by atoms with Gasteiger partial charge in [0.2, 0.25) is 0 Å². The van der Waals surface area contributed by atoms with E-state index in [-0.39, 0.29) is 17.0 Å². The van der Waals surface area contributed by atoms with Crippen LogP contribution in [0.25, 0.3) is 16.6 Å². The molecule has 2 heterocycles. The molecule has 0 aliphatic rings. The predicted molar refractivity (Wildman–Crippen MR) is 136 cm³/mol. The zero-order chi connectivity index (χ0) is 24.8. The number of fused-ring (bicyclic) bond motifs is 1. The molecule has 35 heavy (non-hydrogen) atoms. The van der Waals surface area contributed by atoms with Gasteiger partial charge in [-0.1, -0.05) is 25.1 Å². The van der Waals surface area contributed by atoms with E-state index < -0.39 is 0 Å². The second-order valence-corrected chi connectivity index (χ2v) is 8.27. The van der Waals surface area contributed by atoms with Gasteiger partial charge < -0.3 is 14.4 Å². The normalized spacial score (nSPS) is 10.9. The maximum absolute atomic E-state index is 13.4. The van der Waals surface area contributed by atoms with Crippen molar-refractivity contribution in [3.8, 4) is 17.2 Å². The molecule has 0 aliphatic carbocycles. The first-order valence-corrected chi connectivity index (χ1v) is 11.7. The predicted octanol–water partition coefficient (Wildman–Crippen LogP) is 4.35. The summed E-state index contributed by atoms with van der Waals surface area (Å²) in [7, 11) is 1.62. The molecule has 182 valence electrons. The molecule has 2 aromatic carbocycles. The number of carbonyl (C=O) groups excluding carboxylic acids is 1. The highest BCUT2D eigenvalue weighted by atomic mass is 16.5. The molecule has 4 rings (SSSR count). The Morgan fingerprint density at radius 3 is 2.66 bits per heavy atom. The molecule has 0 unspecified atom stereocenters. The van der Waals surface area contributed by atoms with Crippen LogP contribution in [0.5, 0.6) is 11.5 Å². The van der Waals surface area contributed by atoms with Gasteiger partial charge in [-0.05, 0) is 50.1 Å². The number of H-pyrrole nitrogens is 1. The number of methoxy groups -OCH3 is 1. The van der Waals surface area contributed by atoms with E-state index in [1.807, 2.05) is 61.5 Å². The third-order valence-electron chi connectivity index (χ3n) is 5.82. The highest BCUT2D eigenvalue weighted by Crippen LogP contribution is 2.27. The van der Waals surface area contributed by atoms with Gasteiger partial charge >= 0.3 is 0 Å². The summed E-state index contributed by atoms with van der Waals surface area (Å²) in [6, 6.07) is 16.7. The second-order valence-electron chi connectivity index (χ2n) is 8.27. The van der Waals surface area contributed by atoms with E-state index in [0.29, 0.717) is 37.5 Å². The lowest BCUT2D eigenvalue weighted by Crippen LogP contribution is -2.36. The molecular formula is C27H30N4O4. The third-order valence-corrected chi connectivity index (χ3v) is 5.82. The zero-order valence-electron chi connectivity index (χ0n) is 20.3. The van der Waals surface area contributed by atoms with Crippen LogP contribution in [0, 0.1) is 6.92 Å². The van der Waals surface area contributed by atoms with Crippen LogP contribution in [-0.4, -0.2) is 52.4 Å². The molecule has 8 nitrogen and oxygen atoms in total. The van der Waals surface area contributed by atoms with Gasteiger partial charge in [0.05, 0.1) is 24.9 Å². The van der Waals surface area contributed by atoms with Gasteiger partial charge in [0, 0.05) is 36.4 Å². The number of nitrogens with zero attached hydrogens (tertiary/aromatic N) is 3. The first-order chi connectivity index (χ1) is 17.0. The van der Waals surface area contributed by atoms with Crippen molar-refractivity contribution in [2.75, 3.05) is 26.8 Å². The summed E-state index contributed by atoms with van der Waals surface area (Å²) in [6.07, 6.45) is 3.12. The zero-order valence-corrected chi connectivity index (χ0v) is 20.3. The quantitative estimate of drug-likeness (QED) is 0.345. The molecule has 0 aliphatic heterocycles. The Balaban J connectivity index is 1.44. The van der Waals surface area contributed by atoms with Crippen LogP contribution in [0.15, 0.2) is 65.6 Å². The Kier molecular flexibility index (Phi) is 7.50. The molecule has 4 aromatic rings. The van der Waals surface area contributed by atoms with Gasteiger partial charge in [-0.2, -0.15) is 0 Å². The summed E-state index contributed by atoms with van der Waals surface area (Å²) in [5, 5.41) is 3.94. The van der Waals surface area contributed by atoms with Crippen LogP contribution in [-0.2, 0) is 0 Å². The van der Waals surface area contributed by atoms with E-state index in [9.17, 15) is 9.59 Å². The van der Waals surface area contributed by atoms with Crippen molar-refractivity contribution in [2.45, 2.75) is 26.7 Å². The Morgan fingerprint density at radius 2 is 1.91 bits per heavy atom. The maximum atomic E-state index is 13.4. The number of ether oxygens (including phenoxy) is 2. The maximum Gasteiger partial charge on any atom is 0.284 e. The smallest absolute Gasteiger partial charge is 0.284 e. The van der Waals surface area contributed by atoms with Crippen LogP contribution in [0.2, 0.25) is 0 Å². The number of para-hydroxylation sites is 1. The Hall–Kier alpha value is -4.07. The summed E-state index contributed by atoms with van der Waals surface area (Å²) < 4.78 is 12.7. The number of hydrogen-bond acceptors (Lipinski definition) is 5. The van der Waals surface area contributed by atoms with Gasteiger partial charge in [-0.15, -0.1) is 0 Å². The lowest BCUT2D eigenvalue weighted by molar-refractivity contribution is 0.0745. The van der Waals surface area contributed by atoms with Gasteiger partial charge in [-0.3, -0.25) is 19.7 Å². The largest absolute Gasteiger partial charge is 0.497 e. The third kappa shape index (κ3) is 5.21. The summed E-state index contributed by atoms with van der Waals surface area (Å²) >= 11 is 0. The second kappa shape index (κ2) is 10.9. The molecule has 0 saturated carbocycles. The van der Waals surface area contributed by atoms with E-state index in [0.717, 1.165) is 28.8 Å². The lowest BCUT2D eigenvalue weighted by Gasteiger charge is -2.21. The van der Waals surface area contributed by atoms with Crippen LogP contribution in [0.3, 0.4) is 0 Å². The number of rotatable bonds is 10. The molecule has 1 amide bonds. The number of hydrogen-bond donors (Lipinski definition) is 1. The number of amides is 1. The van der Waals surface area contributed by atoms with Crippen molar-refractivity contribution in [1.82, 2.24) is 19.7 Å². The molecule has 0 saturated heterocycles. The number of pyridine rings is 1. The Labute approximate surface area is 204 Å². The minimum absolute atomic E-state index is 0.178. The molecule has 2 aromatic heterocycles. The standard InChI is InChI=1S/C27H30N4O4/c1-4-15-30(26(32)25-19(2)29-31(27(25)33)20-9-6-5-7-10-20)16-8-17-35-24-13-14-28-23-18-21(34-3)11-12-22(23)24/h5-7,9-14,18,29H,4,8,15-17H2,1-3H3. The van der Waals surface area contributed by atoms with Gasteiger partial charge in [0.25, 0.3) is 11.5 Å². The molecule has 0 fully saturated rings. The number of benzene rings is 2. The van der Waals surface area contributed by atoms with Gasteiger partial charge in [0.15, 0.2) is 0 Å². The molecule has 8 heteroatoms. The van der Waals surface area contributed by atoms with Crippen molar-refractivity contribution in [2.24, 2.45) is 0 Å². The fourth-order valence-corrected chi connectivity index (χ4v) is 4.09. The fourth-order valence-electron chi connectivity index (χ4n) is 4.09. The van der Waals surface area contributed by atoms with Crippen LogP contribution < -0.4 is 15.0 Å². The molecule has 0 radical (unpaired) electrons. The minimum atomic E-state index is -0.338. The first-order valence-electron chi connectivity index (χ1n) is 11.7. The van der Waals surface area contributed by atoms with Crippen LogP contribution >= 0.6 is 0 Å². The topological polar surface area (TPSA) is 89.4 Å². The van der Waals surface area contributed by atoms with E-state index in [1.165, 1.54) is 4.68 Å². The van der Waals surface area contributed by atoms with Gasteiger partial charge in [0.1, 0.15) is 17.1 Å². The van der Waals surface area contributed by atoms with E-state index in [4.69, 9.17) is 9.47 Å². The number of carbonyl (C=O) groups is 1. The highest BCUT2D eigenvalue weighted by Gasteiger charge is 2.24. The van der Waals surface area contributed by atoms with Gasteiger partial charge in [-0.25, -0.2) is 4.68 Å². The van der Waals surface area contributed by atoms with E-state index >= 15 is 0 Å². The number of aromatic amines is 1. The fraction of sp³-hybridized carbons (Fsp3) is 0.296. The van der Waals surface area contributed by atoms with Crippen molar-refractivity contribution >= 4 is 16.8 Å². The summed E-state index contributed by atoms with van der Waals surface area (Å²) in [5.74, 6) is 1.21. The molecule has 1 N–H and O–H groups in total. The first kappa shape index (κ1) is 24.1. The molecule has 0 bridgehead atoms. The Bertz CT molecular complexity index is 1360. The molecule has 0 spiro atoms. The van der Waals surface area contributed by atoms with Crippen LogP contribution in [0.4, 0.5) is 0 Å². The van der Waals surface area contributed by atoms with Crippen molar-refractivity contribution < 1.29 is 14.3 Å². The average Bonchev–Trinajstić information content (AvgIpc) is 3.19. The molecular weight excluding hydrogens is 444 g/mol. The SMILES string of the molecule is CCCN(CCCOc1ccnc2cc(OC)ccc12)C(=O)c1c(C)[nH]n(-c2ccccc2)c1=O. The van der Waals surface area contributed by atoms with Crippen molar-refractivity contribution in [3.05, 3.63) is 82.4 Å². The highest BCUT2D eigenvalue weighted by molar-refractivity contribution is 5.95. The van der Waals surface area contributed by atoms with Crippen molar-refractivity contribution in [3.63, 3.8) is 0 Å². The van der Waals surface area contributed by atoms with Crippen molar-refractivity contribution in [1.29, 1.82) is 0 Å². The number of nitrogens with one attached hydrogen (secondary N) is 1.